The maximum Gasteiger partial charge on any atom is 0.243 e. The van der Waals surface area contributed by atoms with Crippen LogP contribution < -0.4 is 9.62 Å². The van der Waals surface area contributed by atoms with Crippen molar-refractivity contribution in [1.82, 2.24) is 5.32 Å². The van der Waals surface area contributed by atoms with E-state index in [4.69, 9.17) is 27.9 Å². The molecule has 1 rings (SSSR count). The van der Waals surface area contributed by atoms with Crippen molar-refractivity contribution in [2.75, 3.05) is 23.7 Å². The fourth-order valence-corrected chi connectivity index (χ4v) is 3.79. The number of benzene rings is 1. The van der Waals surface area contributed by atoms with Crippen LogP contribution in [0.2, 0.25) is 10.0 Å². The Balaban J connectivity index is 2.86. The number of sulfonamides is 1. The van der Waals surface area contributed by atoms with Gasteiger partial charge in [0.2, 0.25) is 15.9 Å². The average molecular weight is 411 g/mol. The van der Waals surface area contributed by atoms with Crippen molar-refractivity contribution in [3.05, 3.63) is 28.2 Å². The van der Waals surface area contributed by atoms with Crippen molar-refractivity contribution in [1.29, 1.82) is 0 Å². The SMILES string of the molecule is CC(C)OCCCNC(=O)[C@@H](C)N(c1cc(Cl)ccc1Cl)S(C)(=O)=O. The van der Waals surface area contributed by atoms with Gasteiger partial charge >= 0.3 is 0 Å². The Morgan fingerprint density at radius 3 is 2.48 bits per heavy atom. The number of nitrogens with one attached hydrogen (secondary N) is 1. The fourth-order valence-electron chi connectivity index (χ4n) is 2.19. The van der Waals surface area contributed by atoms with Gasteiger partial charge in [-0.15, -0.1) is 0 Å². The normalized spacial score (nSPS) is 12.9. The summed E-state index contributed by atoms with van der Waals surface area (Å²) in [6.07, 6.45) is 1.78. The highest BCUT2D eigenvalue weighted by molar-refractivity contribution is 7.92. The minimum Gasteiger partial charge on any atom is -0.379 e. The smallest absolute Gasteiger partial charge is 0.243 e. The summed E-state index contributed by atoms with van der Waals surface area (Å²) in [4.78, 5) is 12.4. The van der Waals surface area contributed by atoms with Crippen LogP contribution in [0, 0.1) is 0 Å². The van der Waals surface area contributed by atoms with E-state index in [1.165, 1.54) is 19.1 Å². The molecule has 1 atom stereocenters. The van der Waals surface area contributed by atoms with Crippen LogP contribution in [0.1, 0.15) is 27.2 Å². The molecule has 0 spiro atoms. The number of amides is 1. The summed E-state index contributed by atoms with van der Waals surface area (Å²) in [7, 11) is -3.74. The quantitative estimate of drug-likeness (QED) is 0.634. The fraction of sp³-hybridized carbons (Fsp3) is 0.562. The monoisotopic (exact) mass is 410 g/mol. The topological polar surface area (TPSA) is 75.7 Å². The molecule has 0 saturated heterocycles. The zero-order chi connectivity index (χ0) is 19.2. The first kappa shape index (κ1) is 22.0. The Bertz CT molecular complexity index is 695. The standard InChI is InChI=1S/C16H24Cl2N2O4S/c1-11(2)24-9-5-8-19-16(21)12(3)20(25(4,22)23)15-10-13(17)6-7-14(15)18/h6-7,10-12H,5,8-9H2,1-4H3,(H,19,21)/t12-/m1/s1. The van der Waals surface area contributed by atoms with Crippen LogP contribution in [-0.2, 0) is 19.6 Å². The van der Waals surface area contributed by atoms with Crippen LogP contribution in [0.25, 0.3) is 0 Å². The summed E-state index contributed by atoms with van der Waals surface area (Å²) >= 11 is 12.1. The lowest BCUT2D eigenvalue weighted by Crippen LogP contribution is -2.48. The molecule has 0 heterocycles. The minimum absolute atomic E-state index is 0.125. The lowest BCUT2D eigenvalue weighted by atomic mass is 10.2. The first-order chi connectivity index (χ1) is 11.5. The van der Waals surface area contributed by atoms with Gasteiger partial charge in [-0.25, -0.2) is 8.42 Å². The molecule has 0 aromatic heterocycles. The van der Waals surface area contributed by atoms with Crippen LogP contribution >= 0.6 is 23.2 Å². The molecule has 0 fully saturated rings. The molecule has 142 valence electrons. The Kier molecular flexibility index (Phi) is 8.47. The van der Waals surface area contributed by atoms with Gasteiger partial charge in [-0.1, -0.05) is 23.2 Å². The van der Waals surface area contributed by atoms with E-state index < -0.39 is 22.0 Å². The number of rotatable bonds is 9. The number of halogens is 2. The maximum absolute atomic E-state index is 12.4. The zero-order valence-corrected chi connectivity index (χ0v) is 17.1. The van der Waals surface area contributed by atoms with Crippen molar-refractivity contribution < 1.29 is 17.9 Å². The highest BCUT2D eigenvalue weighted by atomic mass is 35.5. The van der Waals surface area contributed by atoms with Gasteiger partial charge in [0.05, 0.1) is 23.1 Å². The van der Waals surface area contributed by atoms with Gasteiger partial charge in [0, 0.05) is 18.2 Å². The Morgan fingerprint density at radius 2 is 1.92 bits per heavy atom. The van der Waals surface area contributed by atoms with Crippen LogP contribution in [0.5, 0.6) is 0 Å². The first-order valence-electron chi connectivity index (χ1n) is 7.87. The van der Waals surface area contributed by atoms with Crippen LogP contribution in [-0.4, -0.2) is 45.9 Å². The van der Waals surface area contributed by atoms with E-state index in [1.807, 2.05) is 13.8 Å². The van der Waals surface area contributed by atoms with E-state index in [0.717, 1.165) is 10.6 Å². The Hall–Kier alpha value is -1.02. The highest BCUT2D eigenvalue weighted by Crippen LogP contribution is 2.32. The van der Waals surface area contributed by atoms with Gasteiger partial charge in [0.1, 0.15) is 6.04 Å². The van der Waals surface area contributed by atoms with Gasteiger partial charge in [-0.2, -0.15) is 0 Å². The van der Waals surface area contributed by atoms with Crippen LogP contribution in [0.3, 0.4) is 0 Å². The van der Waals surface area contributed by atoms with E-state index >= 15 is 0 Å². The molecule has 1 aromatic rings. The second-order valence-corrected chi connectivity index (χ2v) is 8.60. The molecule has 0 aliphatic heterocycles. The molecule has 1 aromatic carbocycles. The van der Waals surface area contributed by atoms with Gasteiger partial charge in [-0.3, -0.25) is 9.10 Å². The van der Waals surface area contributed by atoms with Crippen molar-refractivity contribution in [2.24, 2.45) is 0 Å². The second-order valence-electron chi connectivity index (χ2n) is 5.89. The summed E-state index contributed by atoms with van der Waals surface area (Å²) < 4.78 is 30.8. The molecular weight excluding hydrogens is 387 g/mol. The van der Waals surface area contributed by atoms with Gasteiger partial charge in [0.25, 0.3) is 0 Å². The molecular formula is C16H24Cl2N2O4S. The number of ether oxygens (including phenoxy) is 1. The van der Waals surface area contributed by atoms with E-state index in [2.05, 4.69) is 5.32 Å². The third kappa shape index (κ3) is 7.01. The number of carbonyl (C=O) groups excluding carboxylic acids is 1. The third-order valence-electron chi connectivity index (χ3n) is 3.31. The van der Waals surface area contributed by atoms with Crippen molar-refractivity contribution >= 4 is 44.8 Å². The summed E-state index contributed by atoms with van der Waals surface area (Å²) in [5.74, 6) is -0.425. The first-order valence-corrected chi connectivity index (χ1v) is 10.5. The summed E-state index contributed by atoms with van der Waals surface area (Å²) in [6.45, 7) is 6.26. The maximum atomic E-state index is 12.4. The number of hydrogen-bond donors (Lipinski definition) is 1. The highest BCUT2D eigenvalue weighted by Gasteiger charge is 2.30. The van der Waals surface area contributed by atoms with Crippen molar-refractivity contribution in [2.45, 2.75) is 39.3 Å². The molecule has 1 amide bonds. The molecule has 0 radical (unpaired) electrons. The van der Waals surface area contributed by atoms with E-state index in [0.29, 0.717) is 24.6 Å². The largest absolute Gasteiger partial charge is 0.379 e. The summed E-state index contributed by atoms with van der Waals surface area (Å²) in [5.41, 5.74) is 0.169. The van der Waals surface area contributed by atoms with Crippen LogP contribution in [0.15, 0.2) is 18.2 Å². The summed E-state index contributed by atoms with van der Waals surface area (Å²) in [6, 6.07) is 3.49. The molecule has 0 aliphatic carbocycles. The molecule has 1 N–H and O–H groups in total. The third-order valence-corrected chi connectivity index (χ3v) is 5.09. The Labute approximate surface area is 159 Å². The number of nitrogens with zero attached hydrogens (tertiary/aromatic N) is 1. The van der Waals surface area contributed by atoms with E-state index in [1.54, 1.807) is 6.07 Å². The lowest BCUT2D eigenvalue weighted by molar-refractivity contribution is -0.121. The predicted octanol–water partition coefficient (Wildman–Crippen LogP) is 3.08. The molecule has 0 aliphatic rings. The van der Waals surface area contributed by atoms with Crippen LogP contribution in [0.4, 0.5) is 5.69 Å². The minimum atomic E-state index is -3.74. The molecule has 25 heavy (non-hydrogen) atoms. The van der Waals surface area contributed by atoms with Crippen molar-refractivity contribution in [3.63, 3.8) is 0 Å². The average Bonchev–Trinajstić information content (AvgIpc) is 2.48. The number of anilines is 1. The second kappa shape index (κ2) is 9.62. The molecule has 0 unspecified atom stereocenters. The molecule has 6 nitrogen and oxygen atoms in total. The molecule has 9 heteroatoms. The van der Waals surface area contributed by atoms with Gasteiger partial charge in [-0.05, 0) is 45.4 Å². The van der Waals surface area contributed by atoms with Gasteiger partial charge < -0.3 is 10.1 Å². The zero-order valence-electron chi connectivity index (χ0n) is 14.8. The van der Waals surface area contributed by atoms with E-state index in [-0.39, 0.29) is 16.8 Å². The lowest BCUT2D eigenvalue weighted by Gasteiger charge is -2.29. The predicted molar refractivity (Wildman–Crippen MR) is 102 cm³/mol. The van der Waals surface area contributed by atoms with Crippen molar-refractivity contribution in [3.8, 4) is 0 Å². The Morgan fingerprint density at radius 1 is 1.28 bits per heavy atom. The molecule has 0 bridgehead atoms. The number of hydrogen-bond acceptors (Lipinski definition) is 4. The van der Waals surface area contributed by atoms with E-state index in [9.17, 15) is 13.2 Å². The molecule has 0 saturated carbocycles. The van der Waals surface area contributed by atoms with Gasteiger partial charge in [0.15, 0.2) is 0 Å². The summed E-state index contributed by atoms with van der Waals surface area (Å²) in [5, 5.41) is 3.23. The number of carbonyl (C=O) groups is 1.